The standard InChI is InChI=1S/C19H24N2O3/c1-19(2,3)11-18(22)21-15-7-8-16(23-4)17(10-15)24-13-14-6-5-9-20-12-14/h5-10,12H,11,13H2,1-4H3,(H,21,22). The van der Waals surface area contributed by atoms with Crippen molar-refractivity contribution in [1.82, 2.24) is 4.98 Å². The average molecular weight is 328 g/mol. The highest BCUT2D eigenvalue weighted by Gasteiger charge is 2.16. The molecule has 0 saturated carbocycles. The molecule has 1 heterocycles. The number of benzene rings is 1. The molecule has 0 bridgehead atoms. The fraction of sp³-hybridized carbons (Fsp3) is 0.368. The maximum absolute atomic E-state index is 12.1. The number of hydrogen-bond donors (Lipinski definition) is 1. The van der Waals surface area contributed by atoms with Crippen LogP contribution in [0.4, 0.5) is 5.69 Å². The zero-order chi connectivity index (χ0) is 17.6. The zero-order valence-electron chi connectivity index (χ0n) is 14.6. The summed E-state index contributed by atoms with van der Waals surface area (Å²) >= 11 is 0. The number of hydrogen-bond acceptors (Lipinski definition) is 4. The van der Waals surface area contributed by atoms with Gasteiger partial charge in [0.05, 0.1) is 7.11 Å². The van der Waals surface area contributed by atoms with Crippen LogP contribution in [0.25, 0.3) is 0 Å². The second-order valence-corrected chi connectivity index (χ2v) is 6.80. The van der Waals surface area contributed by atoms with E-state index >= 15 is 0 Å². The maximum Gasteiger partial charge on any atom is 0.224 e. The van der Waals surface area contributed by atoms with Gasteiger partial charge < -0.3 is 14.8 Å². The molecule has 2 aromatic rings. The number of anilines is 1. The molecule has 128 valence electrons. The first-order valence-corrected chi connectivity index (χ1v) is 7.87. The molecule has 0 atom stereocenters. The maximum atomic E-state index is 12.1. The Labute approximate surface area is 143 Å². The number of aromatic nitrogens is 1. The molecule has 0 fully saturated rings. The lowest BCUT2D eigenvalue weighted by Crippen LogP contribution is -2.19. The van der Waals surface area contributed by atoms with E-state index in [2.05, 4.69) is 10.3 Å². The van der Waals surface area contributed by atoms with Crippen LogP contribution in [0.1, 0.15) is 32.8 Å². The highest BCUT2D eigenvalue weighted by atomic mass is 16.5. The van der Waals surface area contributed by atoms with Gasteiger partial charge in [-0.15, -0.1) is 0 Å². The largest absolute Gasteiger partial charge is 0.493 e. The van der Waals surface area contributed by atoms with Gasteiger partial charge in [0, 0.05) is 36.1 Å². The van der Waals surface area contributed by atoms with Crippen LogP contribution in [0.15, 0.2) is 42.7 Å². The summed E-state index contributed by atoms with van der Waals surface area (Å²) in [6.07, 6.45) is 3.92. The summed E-state index contributed by atoms with van der Waals surface area (Å²) in [6.45, 7) is 6.47. The Morgan fingerprint density at radius 2 is 2.00 bits per heavy atom. The molecule has 0 aliphatic carbocycles. The van der Waals surface area contributed by atoms with E-state index in [1.165, 1.54) is 0 Å². The first-order chi connectivity index (χ1) is 11.4. The number of nitrogens with zero attached hydrogens (tertiary/aromatic N) is 1. The van der Waals surface area contributed by atoms with Crippen LogP contribution >= 0.6 is 0 Å². The van der Waals surface area contributed by atoms with E-state index in [1.54, 1.807) is 37.7 Å². The molecule has 2 rings (SSSR count). The van der Waals surface area contributed by atoms with E-state index in [1.807, 2.05) is 32.9 Å². The highest BCUT2D eigenvalue weighted by molar-refractivity contribution is 5.91. The Morgan fingerprint density at radius 1 is 1.21 bits per heavy atom. The minimum absolute atomic E-state index is 0.0223. The Kier molecular flexibility index (Phi) is 5.79. The quantitative estimate of drug-likeness (QED) is 0.869. The van der Waals surface area contributed by atoms with E-state index in [4.69, 9.17) is 9.47 Å². The Bertz CT molecular complexity index is 679. The lowest BCUT2D eigenvalue weighted by atomic mass is 9.92. The van der Waals surface area contributed by atoms with E-state index in [9.17, 15) is 4.79 Å². The lowest BCUT2D eigenvalue weighted by molar-refractivity contribution is -0.117. The third-order valence-electron chi connectivity index (χ3n) is 3.26. The Hall–Kier alpha value is -2.56. The minimum Gasteiger partial charge on any atom is -0.493 e. The van der Waals surface area contributed by atoms with Crippen molar-refractivity contribution < 1.29 is 14.3 Å². The van der Waals surface area contributed by atoms with Crippen LogP contribution in [0, 0.1) is 5.41 Å². The Balaban J connectivity index is 2.08. The van der Waals surface area contributed by atoms with Crippen LogP contribution < -0.4 is 14.8 Å². The van der Waals surface area contributed by atoms with Crippen molar-refractivity contribution in [3.63, 3.8) is 0 Å². The van der Waals surface area contributed by atoms with E-state index < -0.39 is 0 Å². The van der Waals surface area contributed by atoms with Crippen molar-refractivity contribution in [3.8, 4) is 11.5 Å². The SMILES string of the molecule is COc1ccc(NC(=O)CC(C)(C)C)cc1OCc1cccnc1. The summed E-state index contributed by atoms with van der Waals surface area (Å²) < 4.78 is 11.1. The summed E-state index contributed by atoms with van der Waals surface area (Å²) in [7, 11) is 1.59. The molecule has 0 radical (unpaired) electrons. The zero-order valence-corrected chi connectivity index (χ0v) is 14.6. The molecular weight excluding hydrogens is 304 g/mol. The highest BCUT2D eigenvalue weighted by Crippen LogP contribution is 2.31. The first-order valence-electron chi connectivity index (χ1n) is 7.87. The van der Waals surface area contributed by atoms with Gasteiger partial charge in [-0.25, -0.2) is 0 Å². The monoisotopic (exact) mass is 328 g/mol. The van der Waals surface area contributed by atoms with Crippen molar-refractivity contribution in [3.05, 3.63) is 48.3 Å². The second-order valence-electron chi connectivity index (χ2n) is 6.80. The number of nitrogens with one attached hydrogen (secondary N) is 1. The molecular formula is C19H24N2O3. The van der Waals surface area contributed by atoms with Gasteiger partial charge in [-0.05, 0) is 23.6 Å². The predicted molar refractivity (Wildman–Crippen MR) is 94.3 cm³/mol. The van der Waals surface area contributed by atoms with Crippen LogP contribution in [0.5, 0.6) is 11.5 Å². The van der Waals surface area contributed by atoms with Crippen LogP contribution in [-0.2, 0) is 11.4 Å². The number of ether oxygens (including phenoxy) is 2. The number of methoxy groups -OCH3 is 1. The number of carbonyl (C=O) groups is 1. The summed E-state index contributed by atoms with van der Waals surface area (Å²) in [6, 6.07) is 9.16. The molecule has 0 aliphatic rings. The van der Waals surface area contributed by atoms with Gasteiger partial charge in [-0.3, -0.25) is 9.78 Å². The van der Waals surface area contributed by atoms with Gasteiger partial charge in [0.15, 0.2) is 11.5 Å². The molecule has 1 aromatic heterocycles. The van der Waals surface area contributed by atoms with Crippen molar-refractivity contribution in [2.45, 2.75) is 33.8 Å². The fourth-order valence-electron chi connectivity index (χ4n) is 2.20. The smallest absolute Gasteiger partial charge is 0.224 e. The summed E-state index contributed by atoms with van der Waals surface area (Å²) in [5.74, 6) is 1.17. The average Bonchev–Trinajstić information content (AvgIpc) is 2.52. The first kappa shape index (κ1) is 17.8. The van der Waals surface area contributed by atoms with Crippen LogP contribution in [-0.4, -0.2) is 18.0 Å². The molecule has 1 amide bonds. The third-order valence-corrected chi connectivity index (χ3v) is 3.26. The molecule has 0 aliphatic heterocycles. The second kappa shape index (κ2) is 7.81. The number of amides is 1. The Morgan fingerprint density at radius 3 is 2.62 bits per heavy atom. The molecule has 24 heavy (non-hydrogen) atoms. The summed E-state index contributed by atoms with van der Waals surface area (Å²) in [5, 5.41) is 2.90. The van der Waals surface area contributed by atoms with Gasteiger partial charge in [0.2, 0.25) is 5.91 Å². The summed E-state index contributed by atoms with van der Waals surface area (Å²) in [5.41, 5.74) is 1.59. The van der Waals surface area contributed by atoms with Crippen molar-refractivity contribution in [2.24, 2.45) is 5.41 Å². The van der Waals surface area contributed by atoms with E-state index in [0.717, 1.165) is 5.56 Å². The van der Waals surface area contributed by atoms with Gasteiger partial charge in [0.1, 0.15) is 6.61 Å². The third kappa shape index (κ3) is 5.57. The molecule has 5 nitrogen and oxygen atoms in total. The van der Waals surface area contributed by atoms with Crippen molar-refractivity contribution in [1.29, 1.82) is 0 Å². The number of rotatable bonds is 6. The normalized spacial score (nSPS) is 11.0. The van der Waals surface area contributed by atoms with Gasteiger partial charge in [0.25, 0.3) is 0 Å². The summed E-state index contributed by atoms with van der Waals surface area (Å²) in [4.78, 5) is 16.1. The van der Waals surface area contributed by atoms with Gasteiger partial charge in [-0.1, -0.05) is 26.8 Å². The minimum atomic E-state index is -0.0593. The van der Waals surface area contributed by atoms with Gasteiger partial charge >= 0.3 is 0 Å². The van der Waals surface area contributed by atoms with Crippen molar-refractivity contribution in [2.75, 3.05) is 12.4 Å². The fourth-order valence-corrected chi connectivity index (χ4v) is 2.20. The molecule has 1 N–H and O–H groups in total. The van der Waals surface area contributed by atoms with Crippen LogP contribution in [0.3, 0.4) is 0 Å². The topological polar surface area (TPSA) is 60.5 Å². The van der Waals surface area contributed by atoms with Crippen LogP contribution in [0.2, 0.25) is 0 Å². The molecule has 0 unspecified atom stereocenters. The number of pyridine rings is 1. The predicted octanol–water partition coefficient (Wildman–Crippen LogP) is 4.04. The molecule has 1 aromatic carbocycles. The molecule has 0 saturated heterocycles. The van der Waals surface area contributed by atoms with E-state index in [0.29, 0.717) is 30.2 Å². The number of carbonyl (C=O) groups excluding carboxylic acids is 1. The molecule has 0 spiro atoms. The van der Waals surface area contributed by atoms with Crippen molar-refractivity contribution >= 4 is 11.6 Å². The lowest BCUT2D eigenvalue weighted by Gasteiger charge is -2.18. The van der Waals surface area contributed by atoms with E-state index in [-0.39, 0.29) is 11.3 Å². The van der Waals surface area contributed by atoms with Gasteiger partial charge in [-0.2, -0.15) is 0 Å². The molecule has 5 heteroatoms.